The quantitative estimate of drug-likeness (QED) is 0.878. The number of aromatic carboxylic acids is 1. The van der Waals surface area contributed by atoms with Crippen molar-refractivity contribution in [3.8, 4) is 0 Å². The summed E-state index contributed by atoms with van der Waals surface area (Å²) < 4.78 is 5.10. The molecule has 0 spiro atoms. The number of amides is 1. The first-order valence-electron chi connectivity index (χ1n) is 6.13. The van der Waals surface area contributed by atoms with E-state index < -0.39 is 5.97 Å². The summed E-state index contributed by atoms with van der Waals surface area (Å²) in [6.07, 6.45) is 1.83. The Bertz CT molecular complexity index is 489. The number of ether oxygens (including phenoxy) is 1. The Balaban J connectivity index is 2.19. The van der Waals surface area contributed by atoms with Crippen LogP contribution in [-0.2, 0) is 4.74 Å². The van der Waals surface area contributed by atoms with Crippen molar-refractivity contribution in [3.63, 3.8) is 0 Å². The molecule has 1 aliphatic heterocycles. The van der Waals surface area contributed by atoms with E-state index in [1.807, 2.05) is 0 Å². The van der Waals surface area contributed by atoms with Crippen molar-refractivity contribution in [3.05, 3.63) is 29.6 Å². The third-order valence-electron chi connectivity index (χ3n) is 3.18. The number of pyridine rings is 1. The minimum atomic E-state index is -1.13. The van der Waals surface area contributed by atoms with E-state index in [0.29, 0.717) is 13.2 Å². The highest BCUT2D eigenvalue weighted by molar-refractivity contribution is 5.94. The number of carboxylic acids is 1. The van der Waals surface area contributed by atoms with E-state index in [-0.39, 0.29) is 23.3 Å². The van der Waals surface area contributed by atoms with E-state index in [0.717, 1.165) is 12.8 Å². The lowest BCUT2D eigenvalue weighted by atomic mass is 10.2. The van der Waals surface area contributed by atoms with Crippen LogP contribution in [0.3, 0.4) is 0 Å². The molecule has 0 aromatic carbocycles. The summed E-state index contributed by atoms with van der Waals surface area (Å²) in [6.45, 7) is 1.15. The van der Waals surface area contributed by atoms with Crippen LogP contribution in [0.5, 0.6) is 0 Å². The van der Waals surface area contributed by atoms with Gasteiger partial charge in [-0.2, -0.15) is 0 Å². The van der Waals surface area contributed by atoms with Crippen molar-refractivity contribution in [2.24, 2.45) is 0 Å². The van der Waals surface area contributed by atoms with Gasteiger partial charge in [0.25, 0.3) is 5.91 Å². The second kappa shape index (κ2) is 5.79. The summed E-state index contributed by atoms with van der Waals surface area (Å²) in [6, 6.07) is 4.49. The Morgan fingerprint density at radius 3 is 2.89 bits per heavy atom. The smallest absolute Gasteiger partial charge is 0.354 e. The van der Waals surface area contributed by atoms with Gasteiger partial charge in [-0.3, -0.25) is 4.79 Å². The van der Waals surface area contributed by atoms with Gasteiger partial charge in [0.05, 0.1) is 12.6 Å². The van der Waals surface area contributed by atoms with Gasteiger partial charge in [-0.1, -0.05) is 6.07 Å². The predicted octanol–water partition coefficient (Wildman–Crippen LogP) is 1.03. The highest BCUT2D eigenvalue weighted by atomic mass is 16.5. The van der Waals surface area contributed by atoms with Crippen LogP contribution >= 0.6 is 0 Å². The predicted molar refractivity (Wildman–Crippen MR) is 67.1 cm³/mol. The fourth-order valence-corrected chi connectivity index (χ4v) is 2.29. The lowest BCUT2D eigenvalue weighted by Crippen LogP contribution is -2.38. The van der Waals surface area contributed by atoms with Gasteiger partial charge in [-0.05, 0) is 25.0 Å². The second-order valence-electron chi connectivity index (χ2n) is 4.46. The average molecular weight is 264 g/mol. The SMILES string of the molecule is COCC1CCCN1C(=O)c1cccc(C(=O)O)n1. The molecule has 0 aliphatic carbocycles. The Morgan fingerprint density at radius 1 is 1.47 bits per heavy atom. The number of hydrogen-bond acceptors (Lipinski definition) is 4. The molecule has 0 bridgehead atoms. The molecule has 1 fully saturated rings. The number of methoxy groups -OCH3 is 1. The van der Waals surface area contributed by atoms with Crippen LogP contribution in [0, 0.1) is 0 Å². The van der Waals surface area contributed by atoms with E-state index in [2.05, 4.69) is 4.98 Å². The average Bonchev–Trinajstić information content (AvgIpc) is 2.86. The zero-order chi connectivity index (χ0) is 13.8. The first-order valence-corrected chi connectivity index (χ1v) is 6.13. The summed E-state index contributed by atoms with van der Waals surface area (Å²) in [7, 11) is 1.60. The van der Waals surface area contributed by atoms with Gasteiger partial charge in [0, 0.05) is 13.7 Å². The summed E-state index contributed by atoms with van der Waals surface area (Å²) in [5.74, 6) is -1.37. The second-order valence-corrected chi connectivity index (χ2v) is 4.46. The lowest BCUT2D eigenvalue weighted by molar-refractivity contribution is 0.0624. The van der Waals surface area contributed by atoms with Crippen LogP contribution in [0.1, 0.15) is 33.8 Å². The Hall–Kier alpha value is -1.95. The van der Waals surface area contributed by atoms with Gasteiger partial charge in [0.15, 0.2) is 0 Å². The van der Waals surface area contributed by atoms with Crippen molar-refractivity contribution in [1.29, 1.82) is 0 Å². The number of carboxylic acid groups (broad SMARTS) is 1. The molecule has 1 saturated heterocycles. The molecule has 0 radical (unpaired) electrons. The zero-order valence-corrected chi connectivity index (χ0v) is 10.7. The fraction of sp³-hybridized carbons (Fsp3) is 0.462. The van der Waals surface area contributed by atoms with E-state index >= 15 is 0 Å². The molecule has 0 saturated carbocycles. The number of hydrogen-bond donors (Lipinski definition) is 1. The van der Waals surface area contributed by atoms with Crippen molar-refractivity contribution >= 4 is 11.9 Å². The summed E-state index contributed by atoms with van der Waals surface area (Å²) in [5.41, 5.74) is 0.0521. The maximum atomic E-state index is 12.3. The maximum absolute atomic E-state index is 12.3. The van der Waals surface area contributed by atoms with Crippen molar-refractivity contribution < 1.29 is 19.4 Å². The van der Waals surface area contributed by atoms with Gasteiger partial charge in [0.1, 0.15) is 11.4 Å². The van der Waals surface area contributed by atoms with Crippen molar-refractivity contribution in [2.75, 3.05) is 20.3 Å². The minimum absolute atomic E-state index is 0.0489. The fourth-order valence-electron chi connectivity index (χ4n) is 2.29. The van der Waals surface area contributed by atoms with Crippen LogP contribution < -0.4 is 0 Å². The van der Waals surface area contributed by atoms with Crippen LogP contribution in [0.2, 0.25) is 0 Å². The Labute approximate surface area is 111 Å². The summed E-state index contributed by atoms with van der Waals surface area (Å²) in [4.78, 5) is 28.8. The molecule has 2 rings (SSSR count). The van der Waals surface area contributed by atoms with Gasteiger partial charge >= 0.3 is 5.97 Å². The molecule has 1 unspecified atom stereocenters. The number of aromatic nitrogens is 1. The number of nitrogens with zero attached hydrogens (tertiary/aromatic N) is 2. The Morgan fingerprint density at radius 2 is 2.21 bits per heavy atom. The molecule has 1 N–H and O–H groups in total. The molecule has 1 amide bonds. The molecule has 19 heavy (non-hydrogen) atoms. The summed E-state index contributed by atoms with van der Waals surface area (Å²) in [5, 5.41) is 8.89. The molecule has 1 aromatic heterocycles. The van der Waals surface area contributed by atoms with E-state index in [1.54, 1.807) is 12.0 Å². The molecular formula is C13H16N2O4. The summed E-state index contributed by atoms with van der Waals surface area (Å²) >= 11 is 0. The molecule has 102 valence electrons. The molecule has 1 atom stereocenters. The van der Waals surface area contributed by atoms with Gasteiger partial charge < -0.3 is 14.7 Å². The number of rotatable bonds is 4. The standard InChI is InChI=1S/C13H16N2O4/c1-19-8-9-4-3-7-15(9)12(16)10-5-2-6-11(14-10)13(17)18/h2,5-6,9H,3-4,7-8H2,1H3,(H,17,18). The van der Waals surface area contributed by atoms with Gasteiger partial charge in [-0.15, -0.1) is 0 Å². The minimum Gasteiger partial charge on any atom is -0.477 e. The number of carbonyl (C=O) groups excluding carboxylic acids is 1. The van der Waals surface area contributed by atoms with E-state index in [9.17, 15) is 9.59 Å². The van der Waals surface area contributed by atoms with Crippen LogP contribution in [0.4, 0.5) is 0 Å². The lowest BCUT2D eigenvalue weighted by Gasteiger charge is -2.23. The largest absolute Gasteiger partial charge is 0.477 e. The molecule has 6 heteroatoms. The third kappa shape index (κ3) is 2.90. The maximum Gasteiger partial charge on any atom is 0.354 e. The topological polar surface area (TPSA) is 79.7 Å². The monoisotopic (exact) mass is 264 g/mol. The van der Waals surface area contributed by atoms with Crippen LogP contribution in [-0.4, -0.2) is 53.2 Å². The van der Waals surface area contributed by atoms with Crippen molar-refractivity contribution in [1.82, 2.24) is 9.88 Å². The van der Waals surface area contributed by atoms with E-state index in [1.165, 1.54) is 18.2 Å². The zero-order valence-electron chi connectivity index (χ0n) is 10.7. The van der Waals surface area contributed by atoms with Gasteiger partial charge in [0.2, 0.25) is 0 Å². The van der Waals surface area contributed by atoms with Gasteiger partial charge in [-0.25, -0.2) is 9.78 Å². The molecule has 2 heterocycles. The number of carbonyl (C=O) groups is 2. The molecule has 6 nitrogen and oxygen atoms in total. The highest BCUT2D eigenvalue weighted by Crippen LogP contribution is 2.19. The third-order valence-corrected chi connectivity index (χ3v) is 3.18. The Kier molecular flexibility index (Phi) is 4.11. The normalized spacial score (nSPS) is 18.6. The first kappa shape index (κ1) is 13.5. The van der Waals surface area contributed by atoms with Crippen molar-refractivity contribution in [2.45, 2.75) is 18.9 Å². The molecule has 1 aromatic rings. The van der Waals surface area contributed by atoms with E-state index in [4.69, 9.17) is 9.84 Å². The molecular weight excluding hydrogens is 248 g/mol. The highest BCUT2D eigenvalue weighted by Gasteiger charge is 2.30. The first-order chi connectivity index (χ1) is 9.13. The van der Waals surface area contributed by atoms with Crippen LogP contribution in [0.15, 0.2) is 18.2 Å². The number of likely N-dealkylation sites (tertiary alicyclic amines) is 1. The molecule has 1 aliphatic rings. The van der Waals surface area contributed by atoms with Crippen LogP contribution in [0.25, 0.3) is 0 Å².